The van der Waals surface area contributed by atoms with Crippen LogP contribution in [0, 0.1) is 0 Å². The third kappa shape index (κ3) is 3.62. The molecule has 1 aliphatic heterocycles. The Bertz CT molecular complexity index is 1400. The lowest BCUT2D eigenvalue weighted by Gasteiger charge is -2.17. The standard InChI is InChI=1S/C32H22N2S2/c1-5-13-21(14-6-1)25-29-30(26(33-25)22-15-7-2-8-16-22)36-32-28(24-19-11-4-12-20-24)34-27(31(32)35-29)23-17-9-3-10-18-23/h1-20,33-34H. The largest absolute Gasteiger partial charge is 0.353 e. The minimum absolute atomic E-state index is 1.18. The average Bonchev–Trinajstić information content (AvgIpc) is 3.52. The molecule has 6 aromatic rings. The summed E-state index contributed by atoms with van der Waals surface area (Å²) in [5.74, 6) is 0. The van der Waals surface area contributed by atoms with Crippen LogP contribution in [0.15, 0.2) is 141 Å². The van der Waals surface area contributed by atoms with E-state index in [1.54, 1.807) is 0 Å². The number of aromatic amines is 2. The van der Waals surface area contributed by atoms with E-state index in [9.17, 15) is 0 Å². The zero-order valence-electron chi connectivity index (χ0n) is 19.4. The van der Waals surface area contributed by atoms with E-state index >= 15 is 0 Å². The van der Waals surface area contributed by atoms with Crippen LogP contribution in [0.2, 0.25) is 0 Å². The number of nitrogens with one attached hydrogen (secondary N) is 2. The molecule has 0 saturated heterocycles. The van der Waals surface area contributed by atoms with Crippen molar-refractivity contribution in [3.05, 3.63) is 121 Å². The fraction of sp³-hybridized carbons (Fsp3) is 0. The average molecular weight is 499 g/mol. The van der Waals surface area contributed by atoms with Crippen molar-refractivity contribution in [3.63, 3.8) is 0 Å². The molecule has 3 heterocycles. The Morgan fingerprint density at radius 1 is 0.306 bits per heavy atom. The summed E-state index contributed by atoms with van der Waals surface area (Å²) in [6.45, 7) is 0. The molecule has 0 aliphatic carbocycles. The van der Waals surface area contributed by atoms with Crippen LogP contribution in [0.3, 0.4) is 0 Å². The first kappa shape index (κ1) is 21.4. The molecular weight excluding hydrogens is 477 g/mol. The number of fused-ring (bicyclic) bond motifs is 2. The fourth-order valence-electron chi connectivity index (χ4n) is 4.76. The Labute approximate surface area is 218 Å². The highest BCUT2D eigenvalue weighted by molar-refractivity contribution is 8.05. The van der Waals surface area contributed by atoms with Gasteiger partial charge in [0.2, 0.25) is 0 Å². The SMILES string of the molecule is c1ccc(-c2[nH]c(-c3ccccc3)c3c2Sc2c(-c4ccccc4)[nH]c(-c4ccccc4)c2S3)cc1. The van der Waals surface area contributed by atoms with Crippen molar-refractivity contribution in [1.29, 1.82) is 0 Å². The van der Waals surface area contributed by atoms with E-state index < -0.39 is 0 Å². The molecule has 36 heavy (non-hydrogen) atoms. The molecule has 0 unspecified atom stereocenters. The van der Waals surface area contributed by atoms with E-state index in [-0.39, 0.29) is 0 Å². The van der Waals surface area contributed by atoms with Gasteiger partial charge >= 0.3 is 0 Å². The fourth-order valence-corrected chi connectivity index (χ4v) is 7.53. The molecule has 2 nitrogen and oxygen atoms in total. The van der Waals surface area contributed by atoms with Gasteiger partial charge < -0.3 is 9.97 Å². The van der Waals surface area contributed by atoms with Crippen molar-refractivity contribution in [3.8, 4) is 45.0 Å². The molecule has 0 radical (unpaired) electrons. The van der Waals surface area contributed by atoms with Crippen molar-refractivity contribution in [2.75, 3.05) is 0 Å². The predicted molar refractivity (Wildman–Crippen MR) is 152 cm³/mol. The molecule has 4 heteroatoms. The van der Waals surface area contributed by atoms with E-state index in [0.717, 1.165) is 0 Å². The van der Waals surface area contributed by atoms with Crippen LogP contribution in [0.5, 0.6) is 0 Å². The maximum Gasteiger partial charge on any atom is 0.0612 e. The van der Waals surface area contributed by atoms with E-state index in [4.69, 9.17) is 0 Å². The topological polar surface area (TPSA) is 31.6 Å². The van der Waals surface area contributed by atoms with Gasteiger partial charge in [0.1, 0.15) is 0 Å². The van der Waals surface area contributed by atoms with E-state index in [2.05, 4.69) is 131 Å². The molecule has 7 rings (SSSR count). The molecule has 0 atom stereocenters. The first-order valence-electron chi connectivity index (χ1n) is 12.0. The predicted octanol–water partition coefficient (Wildman–Crippen LogP) is 9.63. The second-order valence-electron chi connectivity index (χ2n) is 8.73. The van der Waals surface area contributed by atoms with Crippen molar-refractivity contribution in [1.82, 2.24) is 9.97 Å². The number of H-pyrrole nitrogens is 2. The van der Waals surface area contributed by atoms with Gasteiger partial charge in [-0.05, 0) is 22.3 Å². The van der Waals surface area contributed by atoms with Crippen molar-refractivity contribution >= 4 is 23.5 Å². The van der Waals surface area contributed by atoms with E-state index in [1.165, 1.54) is 64.6 Å². The van der Waals surface area contributed by atoms with Gasteiger partial charge in [0.05, 0.1) is 42.4 Å². The molecule has 0 saturated carbocycles. The van der Waals surface area contributed by atoms with Gasteiger partial charge in [-0.2, -0.15) is 0 Å². The summed E-state index contributed by atoms with van der Waals surface area (Å²) in [7, 11) is 0. The third-order valence-corrected chi connectivity index (χ3v) is 9.19. The first-order valence-corrected chi connectivity index (χ1v) is 13.6. The number of rotatable bonds is 4. The number of hydrogen-bond donors (Lipinski definition) is 2. The Balaban J connectivity index is 1.47. The van der Waals surface area contributed by atoms with Gasteiger partial charge in [-0.15, -0.1) is 0 Å². The van der Waals surface area contributed by atoms with Crippen LogP contribution in [-0.2, 0) is 0 Å². The van der Waals surface area contributed by atoms with Crippen LogP contribution < -0.4 is 0 Å². The maximum absolute atomic E-state index is 3.82. The first-order chi connectivity index (χ1) is 17.9. The molecule has 0 bridgehead atoms. The maximum atomic E-state index is 3.82. The van der Waals surface area contributed by atoms with Gasteiger partial charge in [0.15, 0.2) is 0 Å². The summed E-state index contributed by atoms with van der Waals surface area (Å²) in [5, 5.41) is 0. The Morgan fingerprint density at radius 3 is 0.750 bits per heavy atom. The van der Waals surface area contributed by atoms with Crippen LogP contribution in [-0.4, -0.2) is 9.97 Å². The van der Waals surface area contributed by atoms with Crippen LogP contribution >= 0.6 is 23.5 Å². The highest BCUT2D eigenvalue weighted by atomic mass is 32.2. The van der Waals surface area contributed by atoms with Gasteiger partial charge in [0, 0.05) is 0 Å². The van der Waals surface area contributed by atoms with Crippen LogP contribution in [0.25, 0.3) is 45.0 Å². The van der Waals surface area contributed by atoms with Gasteiger partial charge in [-0.1, -0.05) is 145 Å². The smallest absolute Gasteiger partial charge is 0.0612 e. The second kappa shape index (κ2) is 8.98. The summed E-state index contributed by atoms with van der Waals surface area (Å²) < 4.78 is 0. The molecular formula is C32H22N2S2. The molecule has 172 valence electrons. The molecule has 0 spiro atoms. The lowest BCUT2D eigenvalue weighted by Crippen LogP contribution is -1.89. The lowest BCUT2D eigenvalue weighted by molar-refractivity contribution is 1.23. The quantitative estimate of drug-likeness (QED) is 0.253. The monoisotopic (exact) mass is 498 g/mol. The highest BCUT2D eigenvalue weighted by Gasteiger charge is 2.32. The van der Waals surface area contributed by atoms with Crippen molar-refractivity contribution in [2.24, 2.45) is 0 Å². The lowest BCUT2D eigenvalue weighted by atomic mass is 10.1. The molecule has 2 aromatic heterocycles. The molecule has 1 aliphatic rings. The molecule has 4 aromatic carbocycles. The molecule has 0 fully saturated rings. The van der Waals surface area contributed by atoms with Gasteiger partial charge in [-0.3, -0.25) is 0 Å². The Morgan fingerprint density at radius 2 is 0.528 bits per heavy atom. The second-order valence-corrected chi connectivity index (χ2v) is 10.8. The minimum Gasteiger partial charge on any atom is -0.353 e. The summed E-state index contributed by atoms with van der Waals surface area (Å²) in [5.41, 5.74) is 9.51. The summed E-state index contributed by atoms with van der Waals surface area (Å²) >= 11 is 3.75. The Kier molecular flexibility index (Phi) is 5.34. The number of aromatic nitrogens is 2. The van der Waals surface area contributed by atoms with Crippen molar-refractivity contribution in [2.45, 2.75) is 19.6 Å². The van der Waals surface area contributed by atoms with Gasteiger partial charge in [-0.25, -0.2) is 0 Å². The zero-order chi connectivity index (χ0) is 23.9. The van der Waals surface area contributed by atoms with E-state index in [0.29, 0.717) is 0 Å². The molecule has 2 N–H and O–H groups in total. The van der Waals surface area contributed by atoms with Crippen LogP contribution in [0.1, 0.15) is 0 Å². The third-order valence-electron chi connectivity index (χ3n) is 6.48. The van der Waals surface area contributed by atoms with Gasteiger partial charge in [0.25, 0.3) is 0 Å². The summed E-state index contributed by atoms with van der Waals surface area (Å²) in [6.07, 6.45) is 0. The number of hydrogen-bond acceptors (Lipinski definition) is 2. The Hall–Kier alpha value is -3.86. The molecule has 0 amide bonds. The van der Waals surface area contributed by atoms with Crippen LogP contribution in [0.4, 0.5) is 0 Å². The van der Waals surface area contributed by atoms with Crippen molar-refractivity contribution < 1.29 is 0 Å². The normalized spacial score (nSPS) is 12.2. The zero-order valence-corrected chi connectivity index (χ0v) is 21.0. The minimum atomic E-state index is 1.18. The van der Waals surface area contributed by atoms with E-state index in [1.807, 2.05) is 23.5 Å². The summed E-state index contributed by atoms with van der Waals surface area (Å²) in [4.78, 5) is 12.8. The summed E-state index contributed by atoms with van der Waals surface area (Å²) in [6, 6.07) is 42.6. The highest BCUT2D eigenvalue weighted by Crippen LogP contribution is 2.59. The number of benzene rings is 4.